The van der Waals surface area contributed by atoms with E-state index in [1.54, 1.807) is 0 Å². The van der Waals surface area contributed by atoms with E-state index in [0.717, 1.165) is 18.6 Å². The molecule has 0 amide bonds. The van der Waals surface area contributed by atoms with E-state index < -0.39 is 17.8 Å². The zero-order valence-electron chi connectivity index (χ0n) is 10.2. The van der Waals surface area contributed by atoms with E-state index in [0.29, 0.717) is 6.42 Å². The fourth-order valence-corrected chi connectivity index (χ4v) is 1.95. The minimum atomic E-state index is -4.39. The summed E-state index contributed by atoms with van der Waals surface area (Å²) in [6.45, 7) is 2.20. The molecule has 0 aliphatic carbocycles. The average molecular weight is 261 g/mol. The summed E-state index contributed by atoms with van der Waals surface area (Å²) in [5.41, 5.74) is 5.07. The molecule has 0 aromatic heterocycles. The summed E-state index contributed by atoms with van der Waals surface area (Å²) in [6.07, 6.45) is -3.82. The van der Waals surface area contributed by atoms with Crippen molar-refractivity contribution in [3.05, 3.63) is 35.4 Å². The van der Waals surface area contributed by atoms with Crippen LogP contribution in [0.3, 0.4) is 0 Å². The molecule has 5 heteroatoms. The van der Waals surface area contributed by atoms with Gasteiger partial charge in [-0.3, -0.25) is 0 Å². The highest BCUT2D eigenvalue weighted by atomic mass is 19.4. The van der Waals surface area contributed by atoms with Crippen molar-refractivity contribution < 1.29 is 18.3 Å². The molecule has 1 aromatic rings. The van der Waals surface area contributed by atoms with Crippen molar-refractivity contribution in [1.29, 1.82) is 0 Å². The minimum absolute atomic E-state index is 0.210. The van der Waals surface area contributed by atoms with Crippen LogP contribution in [0, 0.1) is 5.92 Å². The van der Waals surface area contributed by atoms with E-state index in [1.165, 1.54) is 12.1 Å². The Labute approximate surface area is 105 Å². The van der Waals surface area contributed by atoms with Gasteiger partial charge in [0.1, 0.15) is 0 Å². The van der Waals surface area contributed by atoms with Gasteiger partial charge < -0.3 is 10.8 Å². The Morgan fingerprint density at radius 1 is 1.33 bits per heavy atom. The maximum absolute atomic E-state index is 12.6. The molecule has 2 nitrogen and oxygen atoms in total. The van der Waals surface area contributed by atoms with Crippen molar-refractivity contribution in [2.24, 2.45) is 11.7 Å². The largest absolute Gasteiger partial charge is 0.416 e. The first-order valence-electron chi connectivity index (χ1n) is 5.95. The van der Waals surface area contributed by atoms with Crippen LogP contribution in [0.4, 0.5) is 13.2 Å². The summed E-state index contributed by atoms with van der Waals surface area (Å²) >= 11 is 0. The Balaban J connectivity index is 2.95. The van der Waals surface area contributed by atoms with Gasteiger partial charge in [0, 0.05) is 5.92 Å². The van der Waals surface area contributed by atoms with Gasteiger partial charge in [0.25, 0.3) is 0 Å². The van der Waals surface area contributed by atoms with Gasteiger partial charge in [0.2, 0.25) is 0 Å². The summed E-state index contributed by atoms with van der Waals surface area (Å²) in [7, 11) is 0. The van der Waals surface area contributed by atoms with Crippen molar-refractivity contribution in [1.82, 2.24) is 0 Å². The first-order chi connectivity index (χ1) is 8.40. The third-order valence-corrected chi connectivity index (χ3v) is 2.96. The molecule has 0 fully saturated rings. The smallest absolute Gasteiger partial charge is 0.388 e. The molecular formula is C13H18F3NO. The summed E-state index contributed by atoms with van der Waals surface area (Å²) in [5, 5.41) is 10.1. The maximum Gasteiger partial charge on any atom is 0.416 e. The van der Waals surface area contributed by atoms with Gasteiger partial charge in [0.15, 0.2) is 0 Å². The fraction of sp³-hybridized carbons (Fsp3) is 0.538. The van der Waals surface area contributed by atoms with Crippen LogP contribution in [0.1, 0.15) is 37.0 Å². The number of nitrogens with two attached hydrogens (primary N) is 1. The molecule has 2 atom stereocenters. The third kappa shape index (κ3) is 3.71. The Hall–Kier alpha value is -1.07. The number of aliphatic hydroxyl groups excluding tert-OH is 1. The molecule has 0 aliphatic rings. The molecule has 18 heavy (non-hydrogen) atoms. The quantitative estimate of drug-likeness (QED) is 0.855. The number of alkyl halides is 3. The van der Waals surface area contributed by atoms with Crippen LogP contribution in [0.15, 0.2) is 24.3 Å². The maximum atomic E-state index is 12.6. The van der Waals surface area contributed by atoms with Gasteiger partial charge in [0.05, 0.1) is 11.7 Å². The minimum Gasteiger partial charge on any atom is -0.388 e. The molecule has 102 valence electrons. The van der Waals surface area contributed by atoms with Gasteiger partial charge >= 0.3 is 6.18 Å². The van der Waals surface area contributed by atoms with E-state index in [9.17, 15) is 18.3 Å². The predicted molar refractivity (Wildman–Crippen MR) is 63.9 cm³/mol. The number of halogens is 3. The molecule has 2 unspecified atom stereocenters. The molecule has 0 saturated carbocycles. The molecule has 0 saturated heterocycles. The van der Waals surface area contributed by atoms with Crippen LogP contribution >= 0.6 is 0 Å². The van der Waals surface area contributed by atoms with Gasteiger partial charge in [-0.25, -0.2) is 0 Å². The van der Waals surface area contributed by atoms with Crippen LogP contribution in [-0.2, 0) is 6.18 Å². The monoisotopic (exact) mass is 261 g/mol. The highest BCUT2D eigenvalue weighted by Crippen LogP contribution is 2.32. The molecule has 1 rings (SSSR count). The molecule has 0 radical (unpaired) electrons. The summed E-state index contributed by atoms with van der Waals surface area (Å²) in [6, 6.07) is 4.79. The SMILES string of the molecule is CCCC(CN)C(O)c1cccc(C(F)(F)F)c1. The van der Waals surface area contributed by atoms with E-state index in [1.807, 2.05) is 6.92 Å². The van der Waals surface area contributed by atoms with Gasteiger partial charge in [-0.2, -0.15) is 13.2 Å². The molecule has 3 N–H and O–H groups in total. The Morgan fingerprint density at radius 3 is 2.50 bits per heavy atom. The van der Waals surface area contributed by atoms with Crippen LogP contribution in [0.5, 0.6) is 0 Å². The van der Waals surface area contributed by atoms with Crippen molar-refractivity contribution in [2.45, 2.75) is 32.0 Å². The Morgan fingerprint density at radius 2 is 2.00 bits per heavy atom. The molecule has 0 aliphatic heterocycles. The number of benzene rings is 1. The van der Waals surface area contributed by atoms with E-state index in [2.05, 4.69) is 0 Å². The molecule has 1 aromatic carbocycles. The number of hydrogen-bond donors (Lipinski definition) is 2. The number of hydrogen-bond acceptors (Lipinski definition) is 2. The zero-order chi connectivity index (χ0) is 13.8. The zero-order valence-corrected chi connectivity index (χ0v) is 10.2. The third-order valence-electron chi connectivity index (χ3n) is 2.96. The van der Waals surface area contributed by atoms with Crippen LogP contribution in [-0.4, -0.2) is 11.7 Å². The first kappa shape index (κ1) is 15.0. The van der Waals surface area contributed by atoms with Crippen molar-refractivity contribution in [3.8, 4) is 0 Å². The van der Waals surface area contributed by atoms with Crippen LogP contribution < -0.4 is 5.73 Å². The Bertz CT molecular complexity index is 379. The predicted octanol–water partition coefficient (Wildman–Crippen LogP) is 3.11. The molecular weight excluding hydrogens is 243 g/mol. The van der Waals surface area contributed by atoms with Gasteiger partial charge in [-0.05, 0) is 30.7 Å². The van der Waals surface area contributed by atoms with Crippen molar-refractivity contribution in [2.75, 3.05) is 6.54 Å². The standard InChI is InChI=1S/C13H18F3NO/c1-2-4-10(8-17)12(18)9-5-3-6-11(7-9)13(14,15)16/h3,5-7,10,12,18H,2,4,8,17H2,1H3. The lowest BCUT2D eigenvalue weighted by atomic mass is 9.91. The second kappa shape index (κ2) is 6.20. The lowest BCUT2D eigenvalue weighted by Gasteiger charge is -2.22. The van der Waals surface area contributed by atoms with Crippen molar-refractivity contribution in [3.63, 3.8) is 0 Å². The average Bonchev–Trinajstić information content (AvgIpc) is 2.34. The lowest BCUT2D eigenvalue weighted by molar-refractivity contribution is -0.137. The van der Waals surface area contributed by atoms with E-state index in [4.69, 9.17) is 5.73 Å². The molecule has 0 spiro atoms. The van der Waals surface area contributed by atoms with Gasteiger partial charge in [-0.15, -0.1) is 0 Å². The summed E-state index contributed by atoms with van der Waals surface area (Å²) < 4.78 is 37.7. The van der Waals surface area contributed by atoms with Crippen LogP contribution in [0.2, 0.25) is 0 Å². The fourth-order valence-electron chi connectivity index (χ4n) is 1.95. The number of rotatable bonds is 5. The van der Waals surface area contributed by atoms with E-state index >= 15 is 0 Å². The van der Waals surface area contributed by atoms with Gasteiger partial charge in [-0.1, -0.05) is 25.5 Å². The second-order valence-electron chi connectivity index (χ2n) is 4.35. The first-order valence-corrected chi connectivity index (χ1v) is 5.95. The number of aliphatic hydroxyl groups is 1. The summed E-state index contributed by atoms with van der Waals surface area (Å²) in [5.74, 6) is -0.210. The lowest BCUT2D eigenvalue weighted by Crippen LogP contribution is -2.22. The normalized spacial score (nSPS) is 15.4. The highest BCUT2D eigenvalue weighted by Gasteiger charge is 2.31. The summed E-state index contributed by atoms with van der Waals surface area (Å²) in [4.78, 5) is 0. The molecule has 0 bridgehead atoms. The van der Waals surface area contributed by atoms with E-state index in [-0.39, 0.29) is 18.0 Å². The van der Waals surface area contributed by atoms with Crippen LogP contribution in [0.25, 0.3) is 0 Å². The topological polar surface area (TPSA) is 46.2 Å². The molecule has 0 heterocycles. The Kier molecular flexibility index (Phi) is 5.16. The highest BCUT2D eigenvalue weighted by molar-refractivity contribution is 5.27. The van der Waals surface area contributed by atoms with Crippen molar-refractivity contribution >= 4 is 0 Å². The second-order valence-corrected chi connectivity index (χ2v) is 4.35.